The molecule has 1 N–H and O–H groups in total. The Kier molecular flexibility index (Phi) is 5.07. The van der Waals surface area contributed by atoms with E-state index in [1.807, 2.05) is 42.5 Å². The van der Waals surface area contributed by atoms with Gasteiger partial charge in [-0.2, -0.15) is 0 Å². The molecule has 0 unspecified atom stereocenters. The Labute approximate surface area is 162 Å². The SMILES string of the molecule is Fc1ccccc1N1CCN(c2cc(Nc3ccc(Cl)cc3)ncn2)CC1. The Morgan fingerprint density at radius 3 is 2.33 bits per heavy atom. The fraction of sp³-hybridized carbons (Fsp3) is 0.200. The van der Waals surface area contributed by atoms with E-state index >= 15 is 0 Å². The molecule has 138 valence electrons. The first kappa shape index (κ1) is 17.5. The maximum Gasteiger partial charge on any atom is 0.146 e. The van der Waals surface area contributed by atoms with Gasteiger partial charge in [-0.15, -0.1) is 0 Å². The largest absolute Gasteiger partial charge is 0.366 e. The van der Waals surface area contributed by atoms with E-state index in [1.54, 1.807) is 12.4 Å². The Hall–Kier alpha value is -2.86. The molecular weight excluding hydrogens is 365 g/mol. The first-order valence-corrected chi connectivity index (χ1v) is 9.16. The van der Waals surface area contributed by atoms with Crippen molar-refractivity contribution >= 4 is 34.6 Å². The van der Waals surface area contributed by atoms with Gasteiger partial charge < -0.3 is 15.1 Å². The highest BCUT2D eigenvalue weighted by molar-refractivity contribution is 6.30. The molecule has 0 atom stereocenters. The minimum absolute atomic E-state index is 0.178. The van der Waals surface area contributed by atoms with E-state index < -0.39 is 0 Å². The molecule has 3 aromatic rings. The van der Waals surface area contributed by atoms with Gasteiger partial charge in [-0.25, -0.2) is 14.4 Å². The number of hydrogen-bond acceptors (Lipinski definition) is 5. The zero-order valence-corrected chi connectivity index (χ0v) is 15.4. The van der Waals surface area contributed by atoms with Crippen LogP contribution in [-0.4, -0.2) is 36.1 Å². The molecule has 0 spiro atoms. The average molecular weight is 384 g/mol. The van der Waals surface area contributed by atoms with E-state index in [-0.39, 0.29) is 5.82 Å². The lowest BCUT2D eigenvalue weighted by atomic mass is 10.2. The number of nitrogens with one attached hydrogen (secondary N) is 1. The van der Waals surface area contributed by atoms with Crippen LogP contribution < -0.4 is 15.1 Å². The van der Waals surface area contributed by atoms with Crippen molar-refractivity contribution < 1.29 is 4.39 Å². The van der Waals surface area contributed by atoms with Crippen LogP contribution in [0.1, 0.15) is 0 Å². The standard InChI is InChI=1S/C20H19ClFN5/c21-15-5-7-16(8-6-15)25-19-13-20(24-14-23-19)27-11-9-26(10-12-27)18-4-2-1-3-17(18)22/h1-8,13-14H,9-12H2,(H,23,24,25). The molecule has 0 aliphatic carbocycles. The zero-order chi connectivity index (χ0) is 18.6. The van der Waals surface area contributed by atoms with Gasteiger partial charge in [0.05, 0.1) is 5.69 Å². The number of piperazine rings is 1. The zero-order valence-electron chi connectivity index (χ0n) is 14.6. The van der Waals surface area contributed by atoms with E-state index in [0.29, 0.717) is 10.7 Å². The molecule has 1 aromatic heterocycles. The first-order valence-electron chi connectivity index (χ1n) is 8.78. The third-order valence-corrected chi connectivity index (χ3v) is 4.82. The first-order chi connectivity index (χ1) is 13.2. The van der Waals surface area contributed by atoms with Gasteiger partial charge in [0, 0.05) is 43.0 Å². The third kappa shape index (κ3) is 4.11. The van der Waals surface area contributed by atoms with E-state index in [1.165, 1.54) is 6.07 Å². The van der Waals surface area contributed by atoms with Crippen LogP contribution in [-0.2, 0) is 0 Å². The number of hydrogen-bond donors (Lipinski definition) is 1. The maximum absolute atomic E-state index is 14.0. The average Bonchev–Trinajstić information content (AvgIpc) is 2.71. The molecule has 1 saturated heterocycles. The van der Waals surface area contributed by atoms with Crippen LogP contribution in [0.25, 0.3) is 0 Å². The molecule has 4 rings (SSSR count). The van der Waals surface area contributed by atoms with Gasteiger partial charge in [0.15, 0.2) is 0 Å². The van der Waals surface area contributed by atoms with Gasteiger partial charge >= 0.3 is 0 Å². The predicted molar refractivity (Wildman–Crippen MR) is 108 cm³/mol. The molecule has 0 radical (unpaired) electrons. The van der Waals surface area contributed by atoms with Crippen molar-refractivity contribution in [3.8, 4) is 0 Å². The summed E-state index contributed by atoms with van der Waals surface area (Å²) in [6.07, 6.45) is 1.55. The van der Waals surface area contributed by atoms with Crippen molar-refractivity contribution in [2.75, 3.05) is 41.3 Å². The quantitative estimate of drug-likeness (QED) is 0.726. The second-order valence-electron chi connectivity index (χ2n) is 6.32. The smallest absolute Gasteiger partial charge is 0.146 e. The lowest BCUT2D eigenvalue weighted by Crippen LogP contribution is -2.47. The van der Waals surface area contributed by atoms with Crippen molar-refractivity contribution in [1.29, 1.82) is 0 Å². The van der Waals surface area contributed by atoms with Crippen molar-refractivity contribution in [1.82, 2.24) is 9.97 Å². The van der Waals surface area contributed by atoms with Crippen LogP contribution in [0.4, 0.5) is 27.4 Å². The van der Waals surface area contributed by atoms with Crippen LogP contribution in [0.5, 0.6) is 0 Å². The fourth-order valence-corrected chi connectivity index (χ4v) is 3.28. The third-order valence-electron chi connectivity index (χ3n) is 4.57. The van der Waals surface area contributed by atoms with Crippen molar-refractivity contribution in [2.45, 2.75) is 0 Å². The molecule has 27 heavy (non-hydrogen) atoms. The number of halogens is 2. The topological polar surface area (TPSA) is 44.3 Å². The molecule has 7 heteroatoms. The Bertz CT molecular complexity index is 910. The van der Waals surface area contributed by atoms with E-state index in [0.717, 1.165) is 43.5 Å². The number of nitrogens with zero attached hydrogens (tertiary/aromatic N) is 4. The molecule has 2 aromatic carbocycles. The highest BCUT2D eigenvalue weighted by Crippen LogP contribution is 2.24. The monoisotopic (exact) mass is 383 g/mol. The number of aromatic nitrogens is 2. The molecule has 2 heterocycles. The second-order valence-corrected chi connectivity index (χ2v) is 6.76. The predicted octanol–water partition coefficient (Wildman–Crippen LogP) is 4.34. The molecule has 0 saturated carbocycles. The summed E-state index contributed by atoms with van der Waals surface area (Å²) in [5, 5.41) is 3.95. The summed E-state index contributed by atoms with van der Waals surface area (Å²) in [5.74, 6) is 1.40. The van der Waals surface area contributed by atoms with Crippen molar-refractivity contribution in [3.63, 3.8) is 0 Å². The number of benzene rings is 2. The molecule has 1 aliphatic rings. The van der Waals surface area contributed by atoms with Crippen molar-refractivity contribution in [2.24, 2.45) is 0 Å². The molecule has 1 aliphatic heterocycles. The summed E-state index contributed by atoms with van der Waals surface area (Å²) in [5.41, 5.74) is 1.57. The van der Waals surface area contributed by atoms with Gasteiger partial charge in [-0.05, 0) is 36.4 Å². The maximum atomic E-state index is 14.0. The minimum Gasteiger partial charge on any atom is -0.366 e. The minimum atomic E-state index is -0.178. The highest BCUT2D eigenvalue weighted by Gasteiger charge is 2.20. The number of rotatable bonds is 4. The molecule has 5 nitrogen and oxygen atoms in total. The Balaban J connectivity index is 1.42. The molecule has 1 fully saturated rings. The van der Waals surface area contributed by atoms with E-state index in [9.17, 15) is 4.39 Å². The highest BCUT2D eigenvalue weighted by atomic mass is 35.5. The van der Waals surface area contributed by atoms with Crippen LogP contribution >= 0.6 is 11.6 Å². The summed E-state index contributed by atoms with van der Waals surface area (Å²) in [6.45, 7) is 3.02. The van der Waals surface area contributed by atoms with Crippen LogP contribution in [0.2, 0.25) is 5.02 Å². The summed E-state index contributed by atoms with van der Waals surface area (Å²) >= 11 is 5.92. The Morgan fingerprint density at radius 1 is 0.889 bits per heavy atom. The molecule has 0 amide bonds. The summed E-state index contributed by atoms with van der Waals surface area (Å²) in [6, 6.07) is 16.3. The number of para-hydroxylation sites is 1. The molecular formula is C20H19ClFN5. The van der Waals surface area contributed by atoms with Crippen LogP contribution in [0.15, 0.2) is 60.9 Å². The summed E-state index contributed by atoms with van der Waals surface area (Å²) in [4.78, 5) is 12.9. The second kappa shape index (κ2) is 7.80. The fourth-order valence-electron chi connectivity index (χ4n) is 3.15. The van der Waals surface area contributed by atoms with Gasteiger partial charge in [-0.3, -0.25) is 0 Å². The lowest BCUT2D eigenvalue weighted by Gasteiger charge is -2.36. The molecule has 0 bridgehead atoms. The van der Waals surface area contributed by atoms with E-state index in [2.05, 4.69) is 25.1 Å². The van der Waals surface area contributed by atoms with Gasteiger partial charge in [-0.1, -0.05) is 23.7 Å². The van der Waals surface area contributed by atoms with E-state index in [4.69, 9.17) is 11.6 Å². The normalized spacial score (nSPS) is 14.3. The van der Waals surface area contributed by atoms with Gasteiger partial charge in [0.25, 0.3) is 0 Å². The van der Waals surface area contributed by atoms with Gasteiger partial charge in [0.2, 0.25) is 0 Å². The van der Waals surface area contributed by atoms with Crippen LogP contribution in [0.3, 0.4) is 0 Å². The van der Waals surface area contributed by atoms with Crippen LogP contribution in [0, 0.1) is 5.82 Å². The van der Waals surface area contributed by atoms with Crippen molar-refractivity contribution in [3.05, 3.63) is 71.8 Å². The Morgan fingerprint density at radius 2 is 1.59 bits per heavy atom. The van der Waals surface area contributed by atoms with Gasteiger partial charge in [0.1, 0.15) is 23.8 Å². The number of anilines is 4. The lowest BCUT2D eigenvalue weighted by molar-refractivity contribution is 0.596. The summed E-state index contributed by atoms with van der Waals surface area (Å²) in [7, 11) is 0. The summed E-state index contributed by atoms with van der Waals surface area (Å²) < 4.78 is 14.0.